The van der Waals surface area contributed by atoms with E-state index in [1.165, 1.54) is 0 Å². The standard InChI is InChI=1S/C13H14ClN3O/c1-8-3-4-10(14)12(7-8)18-9(2)11-5-6-16-13(15)17-11/h3-7,9H,1-2H3,(H2,15,16,17)/t9-/m1/s1. The minimum atomic E-state index is -0.241. The van der Waals surface area contributed by atoms with Gasteiger partial charge in [0.15, 0.2) is 0 Å². The van der Waals surface area contributed by atoms with Crippen molar-refractivity contribution in [2.45, 2.75) is 20.0 Å². The Kier molecular flexibility index (Phi) is 3.67. The van der Waals surface area contributed by atoms with E-state index < -0.39 is 0 Å². The van der Waals surface area contributed by atoms with E-state index in [0.717, 1.165) is 11.3 Å². The molecule has 2 N–H and O–H groups in total. The third kappa shape index (κ3) is 2.90. The molecule has 18 heavy (non-hydrogen) atoms. The molecule has 0 aliphatic carbocycles. The molecule has 1 aromatic heterocycles. The molecule has 5 heteroatoms. The van der Waals surface area contributed by atoms with Gasteiger partial charge in [0.2, 0.25) is 5.95 Å². The highest BCUT2D eigenvalue weighted by atomic mass is 35.5. The fraction of sp³-hybridized carbons (Fsp3) is 0.231. The number of anilines is 1. The number of aryl methyl sites for hydroxylation is 1. The number of aromatic nitrogens is 2. The molecule has 94 valence electrons. The lowest BCUT2D eigenvalue weighted by Crippen LogP contribution is -2.08. The molecular weight excluding hydrogens is 250 g/mol. The predicted molar refractivity (Wildman–Crippen MR) is 71.7 cm³/mol. The molecule has 2 rings (SSSR count). The van der Waals surface area contributed by atoms with Crippen LogP contribution in [0.25, 0.3) is 0 Å². The number of nitrogens with two attached hydrogens (primary N) is 1. The van der Waals surface area contributed by atoms with Crippen LogP contribution in [0.4, 0.5) is 5.95 Å². The zero-order valence-corrected chi connectivity index (χ0v) is 11.0. The second-order valence-electron chi connectivity index (χ2n) is 4.03. The molecule has 0 bridgehead atoms. The molecule has 0 unspecified atom stereocenters. The van der Waals surface area contributed by atoms with Gasteiger partial charge in [-0.15, -0.1) is 0 Å². The number of halogens is 1. The molecular formula is C13H14ClN3O. The monoisotopic (exact) mass is 263 g/mol. The third-order valence-electron chi connectivity index (χ3n) is 2.50. The van der Waals surface area contributed by atoms with Gasteiger partial charge in [-0.05, 0) is 37.6 Å². The topological polar surface area (TPSA) is 61.0 Å². The quantitative estimate of drug-likeness (QED) is 0.924. The van der Waals surface area contributed by atoms with Crippen molar-refractivity contribution in [3.8, 4) is 5.75 Å². The molecule has 0 saturated heterocycles. The number of hydrogen-bond donors (Lipinski definition) is 1. The molecule has 0 radical (unpaired) electrons. The van der Waals surface area contributed by atoms with E-state index in [1.807, 2.05) is 32.0 Å². The van der Waals surface area contributed by atoms with E-state index in [9.17, 15) is 0 Å². The van der Waals surface area contributed by atoms with Gasteiger partial charge in [-0.2, -0.15) is 0 Å². The first-order chi connectivity index (χ1) is 8.56. The molecule has 0 aliphatic heterocycles. The van der Waals surface area contributed by atoms with Crippen LogP contribution >= 0.6 is 11.6 Å². The van der Waals surface area contributed by atoms with E-state index in [0.29, 0.717) is 10.8 Å². The fourth-order valence-electron chi connectivity index (χ4n) is 1.57. The second-order valence-corrected chi connectivity index (χ2v) is 4.44. The highest BCUT2D eigenvalue weighted by Crippen LogP contribution is 2.29. The molecule has 1 aromatic carbocycles. The number of nitrogen functional groups attached to an aromatic ring is 1. The average molecular weight is 264 g/mol. The van der Waals surface area contributed by atoms with E-state index in [-0.39, 0.29) is 12.1 Å². The zero-order valence-electron chi connectivity index (χ0n) is 10.2. The Morgan fingerprint density at radius 2 is 2.11 bits per heavy atom. The van der Waals surface area contributed by atoms with E-state index >= 15 is 0 Å². The van der Waals surface area contributed by atoms with Crippen LogP contribution in [-0.2, 0) is 0 Å². The Labute approximate surface area is 111 Å². The Balaban J connectivity index is 2.21. The van der Waals surface area contributed by atoms with E-state index in [1.54, 1.807) is 12.3 Å². The molecule has 1 atom stereocenters. The fourth-order valence-corrected chi connectivity index (χ4v) is 1.73. The van der Waals surface area contributed by atoms with Crippen LogP contribution in [0.15, 0.2) is 30.5 Å². The summed E-state index contributed by atoms with van der Waals surface area (Å²) in [6.07, 6.45) is 1.37. The molecule has 4 nitrogen and oxygen atoms in total. The van der Waals surface area contributed by atoms with Crippen LogP contribution < -0.4 is 10.5 Å². The maximum Gasteiger partial charge on any atom is 0.220 e. The maximum atomic E-state index is 6.08. The molecule has 0 fully saturated rings. The predicted octanol–water partition coefficient (Wildman–Crippen LogP) is 3.16. The number of ether oxygens (including phenoxy) is 1. The minimum Gasteiger partial charge on any atom is -0.483 e. The molecule has 2 aromatic rings. The van der Waals surface area contributed by atoms with Crippen LogP contribution in [0, 0.1) is 6.92 Å². The van der Waals surface area contributed by atoms with Gasteiger partial charge in [0.25, 0.3) is 0 Å². The van der Waals surface area contributed by atoms with Crippen molar-refractivity contribution in [1.29, 1.82) is 0 Å². The maximum absolute atomic E-state index is 6.08. The summed E-state index contributed by atoms with van der Waals surface area (Å²) in [5, 5.41) is 0.578. The normalized spacial score (nSPS) is 12.2. The van der Waals surface area contributed by atoms with Gasteiger partial charge in [-0.25, -0.2) is 9.97 Å². The van der Waals surface area contributed by atoms with Crippen molar-refractivity contribution in [2.75, 3.05) is 5.73 Å². The lowest BCUT2D eigenvalue weighted by atomic mass is 10.2. The summed E-state index contributed by atoms with van der Waals surface area (Å²) < 4.78 is 5.79. The summed E-state index contributed by atoms with van der Waals surface area (Å²) >= 11 is 6.08. The summed E-state index contributed by atoms with van der Waals surface area (Å²) in [5.74, 6) is 0.875. The number of hydrogen-bond acceptors (Lipinski definition) is 4. The van der Waals surface area contributed by atoms with Crippen molar-refractivity contribution >= 4 is 17.5 Å². The Morgan fingerprint density at radius 3 is 2.83 bits per heavy atom. The smallest absolute Gasteiger partial charge is 0.220 e. The lowest BCUT2D eigenvalue weighted by Gasteiger charge is -2.15. The summed E-state index contributed by atoms with van der Waals surface area (Å²) in [6.45, 7) is 3.87. The van der Waals surface area contributed by atoms with Crippen molar-refractivity contribution in [3.63, 3.8) is 0 Å². The SMILES string of the molecule is Cc1ccc(Cl)c(O[C@H](C)c2ccnc(N)n2)c1. The Bertz CT molecular complexity index is 560. The Hall–Kier alpha value is -1.81. The average Bonchev–Trinajstić information content (AvgIpc) is 2.34. The van der Waals surface area contributed by atoms with Crippen LogP contribution in [0.3, 0.4) is 0 Å². The van der Waals surface area contributed by atoms with Gasteiger partial charge in [0.05, 0.1) is 10.7 Å². The molecule has 0 amide bonds. The van der Waals surface area contributed by atoms with Crippen LogP contribution in [0.2, 0.25) is 5.02 Å². The zero-order chi connectivity index (χ0) is 13.1. The lowest BCUT2D eigenvalue weighted by molar-refractivity contribution is 0.222. The summed E-state index contributed by atoms with van der Waals surface area (Å²) in [5.41, 5.74) is 7.35. The molecule has 0 saturated carbocycles. The van der Waals surface area contributed by atoms with Crippen molar-refractivity contribution in [3.05, 3.63) is 46.7 Å². The third-order valence-corrected chi connectivity index (χ3v) is 2.81. The van der Waals surface area contributed by atoms with Gasteiger partial charge in [-0.3, -0.25) is 0 Å². The van der Waals surface area contributed by atoms with Crippen molar-refractivity contribution in [1.82, 2.24) is 9.97 Å². The highest BCUT2D eigenvalue weighted by Gasteiger charge is 2.11. The van der Waals surface area contributed by atoms with Crippen LogP contribution in [0.1, 0.15) is 24.3 Å². The first-order valence-corrected chi connectivity index (χ1v) is 5.95. The highest BCUT2D eigenvalue weighted by molar-refractivity contribution is 6.32. The molecule has 1 heterocycles. The summed E-state index contributed by atoms with van der Waals surface area (Å²) in [4.78, 5) is 7.97. The Morgan fingerprint density at radius 1 is 1.33 bits per heavy atom. The van der Waals surface area contributed by atoms with Gasteiger partial charge in [0.1, 0.15) is 11.9 Å². The van der Waals surface area contributed by atoms with E-state index in [2.05, 4.69) is 9.97 Å². The largest absolute Gasteiger partial charge is 0.483 e. The summed E-state index contributed by atoms with van der Waals surface area (Å²) in [7, 11) is 0. The van der Waals surface area contributed by atoms with Crippen molar-refractivity contribution in [2.24, 2.45) is 0 Å². The first-order valence-electron chi connectivity index (χ1n) is 5.57. The second kappa shape index (κ2) is 5.23. The first kappa shape index (κ1) is 12.6. The number of nitrogens with zero attached hydrogens (tertiary/aromatic N) is 2. The minimum absolute atomic E-state index is 0.235. The van der Waals surface area contributed by atoms with Gasteiger partial charge >= 0.3 is 0 Å². The van der Waals surface area contributed by atoms with Gasteiger partial charge in [-0.1, -0.05) is 17.7 Å². The number of rotatable bonds is 3. The summed E-state index contributed by atoms with van der Waals surface area (Å²) in [6, 6.07) is 7.41. The van der Waals surface area contributed by atoms with E-state index in [4.69, 9.17) is 22.1 Å². The molecule has 0 aliphatic rings. The van der Waals surface area contributed by atoms with Gasteiger partial charge < -0.3 is 10.5 Å². The van der Waals surface area contributed by atoms with Crippen molar-refractivity contribution < 1.29 is 4.74 Å². The van der Waals surface area contributed by atoms with Crippen LogP contribution in [0.5, 0.6) is 5.75 Å². The van der Waals surface area contributed by atoms with Gasteiger partial charge in [0, 0.05) is 6.20 Å². The number of benzene rings is 1. The van der Waals surface area contributed by atoms with Crippen LogP contribution in [-0.4, -0.2) is 9.97 Å². The molecule has 0 spiro atoms.